The fourth-order valence-electron chi connectivity index (χ4n) is 2.26. The highest BCUT2D eigenvalue weighted by Gasteiger charge is 2.08. The second kappa shape index (κ2) is 5.58. The van der Waals surface area contributed by atoms with Gasteiger partial charge in [0.05, 0.1) is 5.52 Å². The van der Waals surface area contributed by atoms with E-state index in [1.54, 1.807) is 24.3 Å². The molecule has 3 rings (SSSR count). The van der Waals surface area contributed by atoms with E-state index >= 15 is 0 Å². The number of ketones is 1. The van der Waals surface area contributed by atoms with Gasteiger partial charge in [-0.1, -0.05) is 29.8 Å². The summed E-state index contributed by atoms with van der Waals surface area (Å²) >= 11 is 5.90. The third kappa shape index (κ3) is 3.23. The summed E-state index contributed by atoms with van der Waals surface area (Å²) in [7, 11) is 0. The number of carbonyl (C=O) groups excluding carboxylic acids is 1. The van der Waals surface area contributed by atoms with Gasteiger partial charge in [-0.25, -0.2) is 4.79 Å². The van der Waals surface area contributed by atoms with Crippen molar-refractivity contribution in [2.75, 3.05) is 0 Å². The highest BCUT2D eigenvalue weighted by molar-refractivity contribution is 6.30. The van der Waals surface area contributed by atoms with E-state index in [0.29, 0.717) is 22.5 Å². The fourth-order valence-corrected chi connectivity index (χ4v) is 2.48. The van der Waals surface area contributed by atoms with E-state index < -0.39 is 5.76 Å². The van der Waals surface area contributed by atoms with Crippen molar-refractivity contribution in [1.82, 2.24) is 4.98 Å². The predicted molar refractivity (Wildman–Crippen MR) is 80.7 cm³/mol. The maximum absolute atomic E-state index is 12.1. The Morgan fingerprint density at radius 2 is 1.86 bits per heavy atom. The van der Waals surface area contributed by atoms with Crippen LogP contribution in [0.3, 0.4) is 0 Å². The van der Waals surface area contributed by atoms with Crippen molar-refractivity contribution in [3.63, 3.8) is 0 Å². The lowest BCUT2D eigenvalue weighted by atomic mass is 10.0. The summed E-state index contributed by atoms with van der Waals surface area (Å²) in [5.74, 6) is -0.415. The molecular weight excluding hydrogens is 290 g/mol. The van der Waals surface area contributed by atoms with Crippen LogP contribution in [0, 0.1) is 0 Å². The summed E-state index contributed by atoms with van der Waals surface area (Å²) in [6.07, 6.45) is 0.618. The first-order chi connectivity index (χ1) is 10.1. The summed E-state index contributed by atoms with van der Waals surface area (Å²) in [4.78, 5) is 25.7. The zero-order valence-corrected chi connectivity index (χ0v) is 11.8. The molecule has 0 aliphatic carbocycles. The van der Waals surface area contributed by atoms with Gasteiger partial charge in [0.25, 0.3) is 0 Å². The molecule has 3 aromatic rings. The van der Waals surface area contributed by atoms with Crippen LogP contribution in [0.25, 0.3) is 11.1 Å². The Labute approximate surface area is 125 Å². The van der Waals surface area contributed by atoms with E-state index in [2.05, 4.69) is 4.98 Å². The first-order valence-electron chi connectivity index (χ1n) is 6.48. The van der Waals surface area contributed by atoms with Gasteiger partial charge < -0.3 is 4.42 Å². The summed E-state index contributed by atoms with van der Waals surface area (Å²) in [5, 5.41) is 0.621. The standard InChI is InChI=1S/C16H12ClNO3/c17-12-3-1-2-10(6-12)7-13(19)8-11-4-5-14-15(9-11)21-16(20)18-14/h1-6,9H,7-8H2,(H,18,20). The number of halogens is 1. The molecule has 1 N–H and O–H groups in total. The van der Waals surface area contributed by atoms with Crippen molar-refractivity contribution in [1.29, 1.82) is 0 Å². The van der Waals surface area contributed by atoms with Gasteiger partial charge in [0.2, 0.25) is 0 Å². The predicted octanol–water partition coefficient (Wildman–Crippen LogP) is 3.13. The normalized spacial score (nSPS) is 10.9. The summed E-state index contributed by atoms with van der Waals surface area (Å²) < 4.78 is 4.98. The minimum absolute atomic E-state index is 0.0782. The maximum atomic E-state index is 12.1. The number of aromatic amines is 1. The number of fused-ring (bicyclic) bond motifs is 1. The molecule has 0 bridgehead atoms. The Bertz CT molecular complexity index is 863. The van der Waals surface area contributed by atoms with Crippen molar-refractivity contribution >= 4 is 28.5 Å². The van der Waals surface area contributed by atoms with Gasteiger partial charge in [-0.15, -0.1) is 0 Å². The number of benzene rings is 2. The van der Waals surface area contributed by atoms with Crippen molar-refractivity contribution in [2.24, 2.45) is 0 Å². The van der Waals surface area contributed by atoms with Crippen molar-refractivity contribution < 1.29 is 9.21 Å². The number of hydrogen-bond acceptors (Lipinski definition) is 3. The van der Waals surface area contributed by atoms with E-state index in [1.165, 1.54) is 0 Å². The molecule has 0 fully saturated rings. The van der Waals surface area contributed by atoms with Crippen LogP contribution >= 0.6 is 11.6 Å². The lowest BCUT2D eigenvalue weighted by molar-refractivity contribution is -0.117. The Morgan fingerprint density at radius 3 is 2.62 bits per heavy atom. The number of hydrogen-bond donors (Lipinski definition) is 1. The van der Waals surface area contributed by atoms with E-state index in [1.807, 2.05) is 18.2 Å². The van der Waals surface area contributed by atoms with Crippen LogP contribution in [-0.2, 0) is 17.6 Å². The molecule has 0 spiro atoms. The minimum atomic E-state index is -0.493. The molecule has 106 valence electrons. The number of rotatable bonds is 4. The molecule has 0 saturated heterocycles. The van der Waals surface area contributed by atoms with Crippen molar-refractivity contribution in [2.45, 2.75) is 12.8 Å². The molecule has 1 aromatic heterocycles. The molecule has 0 saturated carbocycles. The van der Waals surface area contributed by atoms with E-state index in [4.69, 9.17) is 16.0 Å². The van der Waals surface area contributed by atoms with Gasteiger partial charge in [-0.05, 0) is 35.4 Å². The Balaban J connectivity index is 1.75. The zero-order valence-electron chi connectivity index (χ0n) is 11.1. The molecule has 0 radical (unpaired) electrons. The third-order valence-corrected chi connectivity index (χ3v) is 3.41. The van der Waals surface area contributed by atoms with E-state index in [9.17, 15) is 9.59 Å². The van der Waals surface area contributed by atoms with Crippen LogP contribution in [-0.4, -0.2) is 10.8 Å². The molecule has 4 nitrogen and oxygen atoms in total. The molecule has 2 aromatic carbocycles. The average Bonchev–Trinajstić information content (AvgIpc) is 2.78. The molecule has 0 aliphatic heterocycles. The van der Waals surface area contributed by atoms with Crippen LogP contribution < -0.4 is 5.76 Å². The van der Waals surface area contributed by atoms with Crippen molar-refractivity contribution in [3.05, 3.63) is 69.2 Å². The smallest absolute Gasteiger partial charge is 0.408 e. The van der Waals surface area contributed by atoms with Gasteiger partial charge in [-0.3, -0.25) is 9.78 Å². The van der Waals surface area contributed by atoms with Crippen LogP contribution in [0.15, 0.2) is 51.7 Å². The van der Waals surface area contributed by atoms with E-state index in [-0.39, 0.29) is 12.2 Å². The quantitative estimate of drug-likeness (QED) is 0.805. The second-order valence-electron chi connectivity index (χ2n) is 4.87. The van der Waals surface area contributed by atoms with Crippen LogP contribution in [0.1, 0.15) is 11.1 Å². The molecule has 21 heavy (non-hydrogen) atoms. The fraction of sp³-hybridized carbons (Fsp3) is 0.125. The zero-order chi connectivity index (χ0) is 14.8. The SMILES string of the molecule is O=C(Cc1cccc(Cl)c1)Cc1ccc2[nH]c(=O)oc2c1. The van der Waals surface area contributed by atoms with Crippen LogP contribution in [0.4, 0.5) is 0 Å². The molecule has 1 heterocycles. The second-order valence-corrected chi connectivity index (χ2v) is 5.30. The molecular formula is C16H12ClNO3. The molecule has 5 heteroatoms. The maximum Gasteiger partial charge on any atom is 0.417 e. The average molecular weight is 302 g/mol. The van der Waals surface area contributed by atoms with Crippen LogP contribution in [0.2, 0.25) is 5.02 Å². The molecule has 0 atom stereocenters. The monoisotopic (exact) mass is 301 g/mol. The van der Waals surface area contributed by atoms with Gasteiger partial charge in [-0.2, -0.15) is 0 Å². The lowest BCUT2D eigenvalue weighted by Gasteiger charge is -2.02. The lowest BCUT2D eigenvalue weighted by Crippen LogP contribution is -2.06. The van der Waals surface area contributed by atoms with E-state index in [0.717, 1.165) is 11.1 Å². The Morgan fingerprint density at radius 1 is 1.10 bits per heavy atom. The minimum Gasteiger partial charge on any atom is -0.408 e. The largest absolute Gasteiger partial charge is 0.417 e. The molecule has 0 amide bonds. The number of carbonyl (C=O) groups is 1. The summed E-state index contributed by atoms with van der Waals surface area (Å²) in [6.45, 7) is 0. The third-order valence-electron chi connectivity index (χ3n) is 3.18. The highest BCUT2D eigenvalue weighted by Crippen LogP contribution is 2.15. The van der Waals surface area contributed by atoms with Gasteiger partial charge in [0, 0.05) is 17.9 Å². The number of oxazole rings is 1. The highest BCUT2D eigenvalue weighted by atomic mass is 35.5. The Hall–Kier alpha value is -2.33. The molecule has 0 aliphatic rings. The van der Waals surface area contributed by atoms with Gasteiger partial charge in [0.15, 0.2) is 5.58 Å². The number of aromatic nitrogens is 1. The van der Waals surface area contributed by atoms with Crippen molar-refractivity contribution in [3.8, 4) is 0 Å². The number of nitrogens with one attached hydrogen (secondary N) is 1. The summed E-state index contributed by atoms with van der Waals surface area (Å²) in [6, 6.07) is 12.5. The van der Waals surface area contributed by atoms with Crippen LogP contribution in [0.5, 0.6) is 0 Å². The first kappa shape index (κ1) is 13.6. The number of Topliss-reactive ketones (excluding diaryl/α,β-unsaturated/α-hetero) is 1. The number of H-pyrrole nitrogens is 1. The first-order valence-corrected chi connectivity index (χ1v) is 6.86. The topological polar surface area (TPSA) is 63.1 Å². The van der Waals surface area contributed by atoms with Gasteiger partial charge in [0.1, 0.15) is 5.78 Å². The molecule has 0 unspecified atom stereocenters. The Kier molecular flexibility index (Phi) is 3.62. The summed E-state index contributed by atoms with van der Waals surface area (Å²) in [5.41, 5.74) is 2.80. The van der Waals surface area contributed by atoms with Gasteiger partial charge >= 0.3 is 5.76 Å².